The lowest BCUT2D eigenvalue weighted by molar-refractivity contribution is 0.0376. The number of methoxy groups -OCH3 is 1. The number of allylic oxidation sites excluding steroid dienone is 1. The first-order valence-electron chi connectivity index (χ1n) is 7.56. The number of rotatable bonds is 4. The van der Waals surface area contributed by atoms with Crippen LogP contribution in [-0.2, 0) is 4.74 Å². The van der Waals surface area contributed by atoms with E-state index in [0.717, 1.165) is 0 Å². The van der Waals surface area contributed by atoms with Crippen molar-refractivity contribution in [2.24, 2.45) is 23.2 Å². The lowest BCUT2D eigenvalue weighted by Gasteiger charge is -2.35. The molecule has 19 heavy (non-hydrogen) atoms. The number of thioether (sulfide) groups is 1. The fraction of sp³-hybridized carbons (Fsp3) is 0.882. The van der Waals surface area contributed by atoms with Crippen LogP contribution in [0.1, 0.15) is 54.4 Å². The maximum Gasteiger partial charge on any atom is 0.0571 e. The van der Waals surface area contributed by atoms with Crippen molar-refractivity contribution in [1.82, 2.24) is 0 Å². The molecule has 2 heteroatoms. The quantitative estimate of drug-likeness (QED) is 0.687. The fourth-order valence-corrected chi connectivity index (χ4v) is 4.97. The third kappa shape index (κ3) is 4.53. The Kier molecular flexibility index (Phi) is 6.00. The van der Waals surface area contributed by atoms with Crippen molar-refractivity contribution in [1.29, 1.82) is 0 Å². The normalized spacial score (nSPS) is 32.5. The monoisotopic (exact) mass is 284 g/mol. The van der Waals surface area contributed by atoms with Crippen LogP contribution in [0.25, 0.3) is 0 Å². The van der Waals surface area contributed by atoms with Gasteiger partial charge in [0.1, 0.15) is 0 Å². The third-order valence-corrected chi connectivity index (χ3v) is 6.13. The molecule has 0 radical (unpaired) electrons. The highest BCUT2D eigenvalue weighted by Crippen LogP contribution is 2.48. The molecule has 0 aliphatic carbocycles. The summed E-state index contributed by atoms with van der Waals surface area (Å²) in [5.41, 5.74) is 0.417. The Labute approximate surface area is 124 Å². The molecule has 0 aromatic heterocycles. The Bertz CT molecular complexity index is 310. The molecule has 1 aliphatic heterocycles. The van der Waals surface area contributed by atoms with Gasteiger partial charge in [-0.3, -0.25) is 0 Å². The molecule has 112 valence electrons. The Morgan fingerprint density at radius 1 is 1.26 bits per heavy atom. The van der Waals surface area contributed by atoms with Crippen LogP contribution < -0.4 is 0 Å². The van der Waals surface area contributed by atoms with Crippen molar-refractivity contribution in [2.45, 2.75) is 65.7 Å². The minimum absolute atomic E-state index is 0.316. The van der Waals surface area contributed by atoms with Crippen LogP contribution in [0.3, 0.4) is 0 Å². The van der Waals surface area contributed by atoms with Crippen molar-refractivity contribution < 1.29 is 4.74 Å². The second-order valence-electron chi connectivity index (χ2n) is 7.23. The summed E-state index contributed by atoms with van der Waals surface area (Å²) in [5, 5.41) is 0.690. The van der Waals surface area contributed by atoms with Crippen molar-refractivity contribution in [3.05, 3.63) is 11.5 Å². The molecule has 0 saturated carbocycles. The minimum atomic E-state index is 0.316. The highest BCUT2D eigenvalue weighted by molar-refractivity contribution is 8.03. The van der Waals surface area contributed by atoms with Gasteiger partial charge >= 0.3 is 0 Å². The molecule has 0 N–H and O–H groups in total. The molecular formula is C17H32OS. The first-order valence-corrected chi connectivity index (χ1v) is 8.44. The van der Waals surface area contributed by atoms with E-state index >= 15 is 0 Å². The smallest absolute Gasteiger partial charge is 0.0571 e. The zero-order chi connectivity index (χ0) is 14.8. The van der Waals surface area contributed by atoms with Gasteiger partial charge in [-0.1, -0.05) is 41.2 Å². The topological polar surface area (TPSA) is 9.23 Å². The molecule has 1 heterocycles. The molecule has 0 aromatic carbocycles. The van der Waals surface area contributed by atoms with E-state index in [9.17, 15) is 0 Å². The van der Waals surface area contributed by atoms with Crippen LogP contribution in [0.15, 0.2) is 11.5 Å². The van der Waals surface area contributed by atoms with Gasteiger partial charge in [0.05, 0.1) is 6.10 Å². The van der Waals surface area contributed by atoms with Crippen molar-refractivity contribution >= 4 is 11.8 Å². The minimum Gasteiger partial charge on any atom is -0.381 e. The third-order valence-electron chi connectivity index (χ3n) is 4.95. The van der Waals surface area contributed by atoms with E-state index in [-0.39, 0.29) is 0 Å². The first-order chi connectivity index (χ1) is 8.68. The zero-order valence-corrected chi connectivity index (χ0v) is 14.6. The van der Waals surface area contributed by atoms with E-state index in [2.05, 4.69) is 48.1 Å². The van der Waals surface area contributed by atoms with Gasteiger partial charge in [-0.25, -0.2) is 0 Å². The van der Waals surface area contributed by atoms with Gasteiger partial charge in [0.2, 0.25) is 0 Å². The van der Waals surface area contributed by atoms with Crippen molar-refractivity contribution in [3.8, 4) is 0 Å². The van der Waals surface area contributed by atoms with Gasteiger partial charge in [0.25, 0.3) is 0 Å². The first kappa shape index (κ1) is 17.1. The molecule has 0 spiro atoms. The maximum absolute atomic E-state index is 5.53. The van der Waals surface area contributed by atoms with Crippen molar-refractivity contribution in [3.63, 3.8) is 0 Å². The second kappa shape index (κ2) is 6.67. The van der Waals surface area contributed by atoms with Crippen molar-refractivity contribution in [2.75, 3.05) is 7.11 Å². The summed E-state index contributed by atoms with van der Waals surface area (Å²) in [4.78, 5) is 1.39. The molecule has 0 amide bonds. The summed E-state index contributed by atoms with van der Waals surface area (Å²) in [6, 6.07) is 0. The molecule has 1 aliphatic rings. The number of ether oxygens (including phenoxy) is 1. The van der Waals surface area contributed by atoms with E-state index in [1.165, 1.54) is 17.7 Å². The molecule has 1 saturated heterocycles. The summed E-state index contributed by atoms with van der Waals surface area (Å²) >= 11 is 2.00. The second-order valence-corrected chi connectivity index (χ2v) is 8.80. The number of hydrogen-bond donors (Lipinski definition) is 0. The van der Waals surface area contributed by atoms with Gasteiger partial charge in [0.15, 0.2) is 0 Å². The van der Waals surface area contributed by atoms with E-state index in [4.69, 9.17) is 4.74 Å². The lowest BCUT2D eigenvalue weighted by atomic mass is 9.72. The largest absolute Gasteiger partial charge is 0.381 e. The summed E-state index contributed by atoms with van der Waals surface area (Å²) in [6.45, 7) is 18.4. The van der Waals surface area contributed by atoms with Gasteiger partial charge in [-0.2, -0.15) is 0 Å². The summed E-state index contributed by atoms with van der Waals surface area (Å²) < 4.78 is 5.53. The van der Waals surface area contributed by atoms with E-state index in [1.807, 2.05) is 18.9 Å². The van der Waals surface area contributed by atoms with E-state index in [1.54, 1.807) is 0 Å². The van der Waals surface area contributed by atoms with E-state index < -0.39 is 0 Å². The Hall–Kier alpha value is 0.0500. The molecule has 0 aromatic rings. The van der Waals surface area contributed by atoms with Crippen LogP contribution >= 0.6 is 11.8 Å². The van der Waals surface area contributed by atoms with E-state index in [0.29, 0.717) is 34.5 Å². The Balaban J connectivity index is 2.87. The van der Waals surface area contributed by atoms with Gasteiger partial charge < -0.3 is 4.74 Å². The average molecular weight is 285 g/mol. The average Bonchev–Trinajstić information content (AvgIpc) is 2.41. The predicted molar refractivity (Wildman–Crippen MR) is 87.5 cm³/mol. The van der Waals surface area contributed by atoms with Crippen LogP contribution in [0, 0.1) is 23.2 Å². The standard InChI is InChI=1S/C17H32OS/c1-11-9-17(6,7)10-16(15(5)19-11)13(3)12(2)14(4)18-8/h11-14,16H,5,9-10H2,1-4,6-8H3. The molecule has 1 fully saturated rings. The summed E-state index contributed by atoms with van der Waals surface area (Å²) in [5.74, 6) is 1.80. The van der Waals surface area contributed by atoms with Gasteiger partial charge in [-0.15, -0.1) is 11.8 Å². The van der Waals surface area contributed by atoms with Crippen LogP contribution in [0.4, 0.5) is 0 Å². The summed E-state index contributed by atoms with van der Waals surface area (Å²) in [7, 11) is 1.82. The molecule has 1 nitrogen and oxygen atoms in total. The number of hydrogen-bond acceptors (Lipinski definition) is 2. The zero-order valence-electron chi connectivity index (χ0n) is 13.8. The molecule has 5 atom stereocenters. The molecule has 1 rings (SSSR count). The van der Waals surface area contributed by atoms with Crippen LogP contribution in [0.2, 0.25) is 0 Å². The maximum atomic E-state index is 5.53. The Morgan fingerprint density at radius 2 is 1.84 bits per heavy atom. The van der Waals surface area contributed by atoms with Gasteiger partial charge in [-0.05, 0) is 47.8 Å². The molecule has 5 unspecified atom stereocenters. The molecule has 0 bridgehead atoms. The Morgan fingerprint density at radius 3 is 2.37 bits per heavy atom. The fourth-order valence-electron chi connectivity index (χ4n) is 3.45. The highest BCUT2D eigenvalue weighted by atomic mass is 32.2. The van der Waals surface area contributed by atoms with Crippen LogP contribution in [-0.4, -0.2) is 18.5 Å². The summed E-state index contributed by atoms with van der Waals surface area (Å²) in [6.07, 6.45) is 2.86. The van der Waals surface area contributed by atoms with Crippen LogP contribution in [0.5, 0.6) is 0 Å². The SMILES string of the molecule is C=C1SC(C)CC(C)(C)CC1C(C)C(C)C(C)OC. The predicted octanol–water partition coefficient (Wildman–Crippen LogP) is 5.37. The lowest BCUT2D eigenvalue weighted by Crippen LogP contribution is -2.30. The molecular weight excluding hydrogens is 252 g/mol. The van der Waals surface area contributed by atoms with Gasteiger partial charge in [0, 0.05) is 12.4 Å². The highest BCUT2D eigenvalue weighted by Gasteiger charge is 2.36.